The van der Waals surface area contributed by atoms with E-state index < -0.39 is 0 Å². The van der Waals surface area contributed by atoms with Gasteiger partial charge in [-0.05, 0) is 28.9 Å². The largest absolute Gasteiger partial charge is 0.437 e. The van der Waals surface area contributed by atoms with Crippen molar-refractivity contribution in [1.82, 2.24) is 15.0 Å². The molecule has 0 unspecified atom stereocenters. The van der Waals surface area contributed by atoms with Crippen LogP contribution >= 0.6 is 15.9 Å². The van der Waals surface area contributed by atoms with Gasteiger partial charge in [0.15, 0.2) is 5.82 Å². The van der Waals surface area contributed by atoms with Crippen LogP contribution in [0.4, 0.5) is 5.82 Å². The molecule has 0 bridgehead atoms. The highest BCUT2D eigenvalue weighted by molar-refractivity contribution is 9.10. The fraction of sp³-hybridized carbons (Fsp3) is 0.308. The molecule has 0 aromatic carbocycles. The van der Waals surface area contributed by atoms with Gasteiger partial charge in [-0.3, -0.25) is 4.98 Å². The first kappa shape index (κ1) is 14.7. The van der Waals surface area contributed by atoms with Gasteiger partial charge in [-0.25, -0.2) is 4.98 Å². The lowest BCUT2D eigenvalue weighted by molar-refractivity contribution is 0.177. The maximum absolute atomic E-state index is 5.69. The molecule has 1 N–H and O–H groups in total. The minimum absolute atomic E-state index is 0.326. The van der Waals surface area contributed by atoms with E-state index in [1.807, 2.05) is 13.0 Å². The van der Waals surface area contributed by atoms with Crippen LogP contribution in [-0.4, -0.2) is 28.6 Å². The zero-order chi connectivity index (χ0) is 14.4. The standard InChI is InChI=1S/C13H15BrN4O2/c1-3-16-11-5-13(18-12(17-11)8-19-2)20-10-4-9(14)6-15-7-10/h4-7H,3,8H2,1-2H3,(H,16,17,18). The van der Waals surface area contributed by atoms with E-state index in [1.165, 1.54) is 0 Å². The van der Waals surface area contributed by atoms with Crippen molar-refractivity contribution in [3.05, 3.63) is 34.8 Å². The molecule has 0 aliphatic carbocycles. The summed E-state index contributed by atoms with van der Waals surface area (Å²) in [7, 11) is 1.60. The number of pyridine rings is 1. The summed E-state index contributed by atoms with van der Waals surface area (Å²) in [5.41, 5.74) is 0. The molecule has 0 saturated heterocycles. The molecule has 0 fully saturated rings. The van der Waals surface area contributed by atoms with Crippen molar-refractivity contribution >= 4 is 21.7 Å². The van der Waals surface area contributed by atoms with Gasteiger partial charge in [-0.2, -0.15) is 4.98 Å². The summed E-state index contributed by atoms with van der Waals surface area (Å²) in [6.07, 6.45) is 3.31. The van der Waals surface area contributed by atoms with Crippen molar-refractivity contribution in [3.8, 4) is 11.6 Å². The summed E-state index contributed by atoms with van der Waals surface area (Å²) < 4.78 is 11.6. The van der Waals surface area contributed by atoms with Crippen LogP contribution in [0.5, 0.6) is 11.6 Å². The summed E-state index contributed by atoms with van der Waals surface area (Å²) in [4.78, 5) is 12.7. The molecule has 0 aliphatic rings. The van der Waals surface area contributed by atoms with E-state index in [2.05, 4.69) is 36.2 Å². The lowest BCUT2D eigenvalue weighted by atomic mass is 10.4. The maximum atomic E-state index is 5.69. The fourth-order valence-corrected chi connectivity index (χ4v) is 1.90. The Bertz CT molecular complexity index is 556. The number of rotatable bonds is 6. The third kappa shape index (κ3) is 4.14. The first-order valence-corrected chi connectivity index (χ1v) is 6.89. The number of ether oxygens (including phenoxy) is 2. The molecule has 0 aliphatic heterocycles. The third-order valence-electron chi connectivity index (χ3n) is 2.28. The second-order valence-corrected chi connectivity index (χ2v) is 4.83. The molecule has 2 aromatic rings. The summed E-state index contributed by atoms with van der Waals surface area (Å²) >= 11 is 3.35. The Morgan fingerprint density at radius 2 is 2.10 bits per heavy atom. The Morgan fingerprint density at radius 1 is 1.25 bits per heavy atom. The minimum atomic E-state index is 0.326. The van der Waals surface area contributed by atoms with Gasteiger partial charge in [-0.1, -0.05) is 0 Å². The first-order valence-electron chi connectivity index (χ1n) is 6.10. The number of hydrogen-bond acceptors (Lipinski definition) is 6. The average molecular weight is 339 g/mol. The van der Waals surface area contributed by atoms with Crippen molar-refractivity contribution < 1.29 is 9.47 Å². The van der Waals surface area contributed by atoms with Gasteiger partial charge in [0.05, 0.1) is 6.20 Å². The Morgan fingerprint density at radius 3 is 2.80 bits per heavy atom. The van der Waals surface area contributed by atoms with Gasteiger partial charge in [-0.15, -0.1) is 0 Å². The second kappa shape index (κ2) is 7.16. The van der Waals surface area contributed by atoms with E-state index in [9.17, 15) is 0 Å². The smallest absolute Gasteiger partial charge is 0.224 e. The zero-order valence-electron chi connectivity index (χ0n) is 11.3. The van der Waals surface area contributed by atoms with Gasteiger partial charge in [0.2, 0.25) is 5.88 Å². The molecule has 7 heteroatoms. The molecule has 2 rings (SSSR count). The molecule has 2 heterocycles. The van der Waals surface area contributed by atoms with Crippen LogP contribution in [0.15, 0.2) is 29.0 Å². The van der Waals surface area contributed by atoms with E-state index >= 15 is 0 Å². The molecular weight excluding hydrogens is 324 g/mol. The quantitative estimate of drug-likeness (QED) is 0.873. The first-order chi connectivity index (χ1) is 9.71. The normalized spacial score (nSPS) is 10.3. The Kier molecular flexibility index (Phi) is 5.25. The van der Waals surface area contributed by atoms with Gasteiger partial charge >= 0.3 is 0 Å². The van der Waals surface area contributed by atoms with Gasteiger partial charge in [0.25, 0.3) is 0 Å². The predicted molar refractivity (Wildman–Crippen MR) is 78.9 cm³/mol. The van der Waals surface area contributed by atoms with Gasteiger partial charge in [0, 0.05) is 30.4 Å². The van der Waals surface area contributed by atoms with Crippen LogP contribution in [0.2, 0.25) is 0 Å². The number of aromatic nitrogens is 3. The highest BCUT2D eigenvalue weighted by Gasteiger charge is 2.07. The van der Waals surface area contributed by atoms with E-state index in [0.717, 1.165) is 11.0 Å². The van der Waals surface area contributed by atoms with E-state index in [-0.39, 0.29) is 0 Å². The van der Waals surface area contributed by atoms with Gasteiger partial charge in [0.1, 0.15) is 18.2 Å². The Hall–Kier alpha value is -1.73. The van der Waals surface area contributed by atoms with Crippen molar-refractivity contribution in [2.24, 2.45) is 0 Å². The number of hydrogen-bond donors (Lipinski definition) is 1. The molecule has 106 valence electrons. The van der Waals surface area contributed by atoms with Crippen LogP contribution in [0, 0.1) is 0 Å². The topological polar surface area (TPSA) is 69.2 Å². The number of nitrogens with zero attached hydrogens (tertiary/aromatic N) is 3. The number of anilines is 1. The molecule has 0 radical (unpaired) electrons. The molecule has 6 nitrogen and oxygen atoms in total. The molecule has 0 spiro atoms. The van der Waals surface area contributed by atoms with Crippen LogP contribution < -0.4 is 10.1 Å². The summed E-state index contributed by atoms with van der Waals surface area (Å²) in [5, 5.41) is 3.13. The van der Waals surface area contributed by atoms with E-state index in [4.69, 9.17) is 9.47 Å². The van der Waals surface area contributed by atoms with Gasteiger partial charge < -0.3 is 14.8 Å². The van der Waals surface area contributed by atoms with Crippen molar-refractivity contribution in [2.45, 2.75) is 13.5 Å². The zero-order valence-corrected chi connectivity index (χ0v) is 12.8. The number of halogens is 1. The van der Waals surface area contributed by atoms with E-state index in [0.29, 0.717) is 29.9 Å². The highest BCUT2D eigenvalue weighted by Crippen LogP contribution is 2.23. The summed E-state index contributed by atoms with van der Waals surface area (Å²) in [6.45, 7) is 3.09. The highest BCUT2D eigenvalue weighted by atomic mass is 79.9. The lowest BCUT2D eigenvalue weighted by Gasteiger charge is -2.09. The average Bonchev–Trinajstić information content (AvgIpc) is 2.39. The molecule has 0 atom stereocenters. The number of nitrogens with one attached hydrogen (secondary N) is 1. The fourth-order valence-electron chi connectivity index (χ4n) is 1.56. The molecule has 20 heavy (non-hydrogen) atoms. The Labute approximate surface area is 125 Å². The minimum Gasteiger partial charge on any atom is -0.437 e. The van der Waals surface area contributed by atoms with Crippen molar-refractivity contribution in [2.75, 3.05) is 19.0 Å². The molecule has 2 aromatic heterocycles. The molecule has 0 amide bonds. The summed E-state index contributed by atoms with van der Waals surface area (Å²) in [6, 6.07) is 3.56. The van der Waals surface area contributed by atoms with Crippen LogP contribution in [0.3, 0.4) is 0 Å². The molecule has 0 saturated carbocycles. The lowest BCUT2D eigenvalue weighted by Crippen LogP contribution is -2.05. The van der Waals surface area contributed by atoms with Crippen molar-refractivity contribution in [3.63, 3.8) is 0 Å². The van der Waals surface area contributed by atoms with E-state index in [1.54, 1.807) is 25.6 Å². The van der Waals surface area contributed by atoms with Crippen LogP contribution in [0.25, 0.3) is 0 Å². The van der Waals surface area contributed by atoms with Crippen LogP contribution in [-0.2, 0) is 11.3 Å². The maximum Gasteiger partial charge on any atom is 0.224 e. The SMILES string of the molecule is CCNc1cc(Oc2cncc(Br)c2)nc(COC)n1. The number of methoxy groups -OCH3 is 1. The monoisotopic (exact) mass is 338 g/mol. The van der Waals surface area contributed by atoms with Crippen molar-refractivity contribution in [1.29, 1.82) is 0 Å². The molecular formula is C13H15BrN4O2. The second-order valence-electron chi connectivity index (χ2n) is 3.91. The summed E-state index contributed by atoms with van der Waals surface area (Å²) in [5.74, 6) is 2.31. The third-order valence-corrected chi connectivity index (χ3v) is 2.72. The van der Waals surface area contributed by atoms with Crippen LogP contribution in [0.1, 0.15) is 12.7 Å². The predicted octanol–water partition coefficient (Wildman–Crippen LogP) is 3.00. The Balaban J connectivity index is 2.25.